The van der Waals surface area contributed by atoms with E-state index in [-0.39, 0.29) is 23.2 Å². The van der Waals surface area contributed by atoms with Crippen molar-refractivity contribution in [1.82, 2.24) is 5.32 Å². The van der Waals surface area contributed by atoms with Crippen LogP contribution in [0.5, 0.6) is 0 Å². The van der Waals surface area contributed by atoms with Crippen molar-refractivity contribution >= 4 is 27.5 Å². The number of amides is 1. The van der Waals surface area contributed by atoms with Gasteiger partial charge in [-0.2, -0.15) is 0 Å². The maximum Gasteiger partial charge on any atom is 0.271 e. The lowest BCUT2D eigenvalue weighted by Gasteiger charge is -2.10. The molecule has 1 atom stereocenters. The number of nitrogens with one attached hydrogen (secondary N) is 1. The van der Waals surface area contributed by atoms with Crippen LogP contribution in [0.2, 0.25) is 0 Å². The van der Waals surface area contributed by atoms with Gasteiger partial charge in [-0.15, -0.1) is 0 Å². The highest BCUT2D eigenvalue weighted by molar-refractivity contribution is 9.10. The van der Waals surface area contributed by atoms with Gasteiger partial charge >= 0.3 is 0 Å². The molecule has 18 heavy (non-hydrogen) atoms. The van der Waals surface area contributed by atoms with E-state index in [1.54, 1.807) is 0 Å². The van der Waals surface area contributed by atoms with Crippen LogP contribution < -0.4 is 11.1 Å². The summed E-state index contributed by atoms with van der Waals surface area (Å²) < 4.78 is 0.488. The molecule has 0 spiro atoms. The van der Waals surface area contributed by atoms with Crippen molar-refractivity contribution in [2.45, 2.75) is 19.4 Å². The zero-order valence-corrected chi connectivity index (χ0v) is 11.4. The topological polar surface area (TPSA) is 98.3 Å². The highest BCUT2D eigenvalue weighted by Crippen LogP contribution is 2.21. The lowest BCUT2D eigenvalue weighted by atomic mass is 10.2. The Morgan fingerprint density at radius 1 is 1.56 bits per heavy atom. The van der Waals surface area contributed by atoms with Crippen LogP contribution in [0.15, 0.2) is 22.7 Å². The molecule has 1 aromatic carbocycles. The molecule has 0 saturated carbocycles. The van der Waals surface area contributed by atoms with Gasteiger partial charge in [0.15, 0.2) is 0 Å². The summed E-state index contributed by atoms with van der Waals surface area (Å²) in [4.78, 5) is 21.9. The predicted molar refractivity (Wildman–Crippen MR) is 71.4 cm³/mol. The summed E-state index contributed by atoms with van der Waals surface area (Å²) in [6.45, 7) is 2.26. The first kappa shape index (κ1) is 14.6. The normalized spacial score (nSPS) is 11.9. The number of rotatable bonds is 5. The van der Waals surface area contributed by atoms with Crippen molar-refractivity contribution < 1.29 is 9.72 Å². The van der Waals surface area contributed by atoms with Gasteiger partial charge in [-0.3, -0.25) is 14.9 Å². The standard InChI is InChI=1S/C11H14BrN3O3/c1-2-9(13)6-14-11(16)7-3-8(12)5-10(4-7)15(17)18/h3-5,9H,2,6,13H2,1H3,(H,14,16). The van der Waals surface area contributed by atoms with E-state index in [4.69, 9.17) is 5.73 Å². The fraction of sp³-hybridized carbons (Fsp3) is 0.364. The second-order valence-electron chi connectivity index (χ2n) is 3.83. The minimum absolute atomic E-state index is 0.115. The predicted octanol–water partition coefficient (Wildman–Crippen LogP) is 1.82. The molecule has 1 amide bonds. The Bertz CT molecular complexity index is 465. The third-order valence-corrected chi connectivity index (χ3v) is 2.86. The first-order valence-corrected chi connectivity index (χ1v) is 6.22. The minimum Gasteiger partial charge on any atom is -0.350 e. The van der Waals surface area contributed by atoms with E-state index >= 15 is 0 Å². The number of nitrogens with zero attached hydrogens (tertiary/aromatic N) is 1. The minimum atomic E-state index is -0.542. The van der Waals surface area contributed by atoms with E-state index < -0.39 is 4.92 Å². The van der Waals surface area contributed by atoms with Crippen LogP contribution in [0.1, 0.15) is 23.7 Å². The van der Waals surface area contributed by atoms with E-state index in [2.05, 4.69) is 21.2 Å². The van der Waals surface area contributed by atoms with Crippen LogP contribution in [0, 0.1) is 10.1 Å². The molecule has 0 saturated heterocycles. The quantitative estimate of drug-likeness (QED) is 0.639. The van der Waals surface area contributed by atoms with Crippen molar-refractivity contribution in [3.63, 3.8) is 0 Å². The van der Waals surface area contributed by atoms with Crippen LogP contribution >= 0.6 is 15.9 Å². The van der Waals surface area contributed by atoms with Gasteiger partial charge in [0.25, 0.3) is 11.6 Å². The summed E-state index contributed by atoms with van der Waals surface area (Å²) in [5.41, 5.74) is 5.78. The molecule has 7 heteroatoms. The number of non-ortho nitro benzene ring substituents is 1. The first-order chi connectivity index (χ1) is 8.43. The van der Waals surface area contributed by atoms with Crippen LogP contribution in [-0.4, -0.2) is 23.4 Å². The van der Waals surface area contributed by atoms with E-state index in [0.29, 0.717) is 11.0 Å². The van der Waals surface area contributed by atoms with Gasteiger partial charge in [0.1, 0.15) is 0 Å². The lowest BCUT2D eigenvalue weighted by molar-refractivity contribution is -0.385. The third-order valence-electron chi connectivity index (χ3n) is 2.40. The average molecular weight is 316 g/mol. The molecule has 0 heterocycles. The Hall–Kier alpha value is -1.47. The Labute approximate surface area is 113 Å². The van der Waals surface area contributed by atoms with E-state index in [1.165, 1.54) is 18.2 Å². The van der Waals surface area contributed by atoms with Crippen molar-refractivity contribution in [2.75, 3.05) is 6.54 Å². The zero-order chi connectivity index (χ0) is 13.7. The van der Waals surface area contributed by atoms with Gasteiger partial charge in [0.05, 0.1) is 4.92 Å². The Balaban J connectivity index is 2.82. The van der Waals surface area contributed by atoms with Crippen LogP contribution in [0.4, 0.5) is 5.69 Å². The maximum atomic E-state index is 11.8. The fourth-order valence-corrected chi connectivity index (χ4v) is 1.76. The molecule has 1 aromatic rings. The average Bonchev–Trinajstić information content (AvgIpc) is 2.34. The summed E-state index contributed by atoms with van der Waals surface area (Å²) in [5, 5.41) is 13.3. The van der Waals surface area contributed by atoms with Crippen molar-refractivity contribution in [3.05, 3.63) is 38.3 Å². The Morgan fingerprint density at radius 2 is 2.22 bits per heavy atom. The summed E-state index contributed by atoms with van der Waals surface area (Å²) in [5.74, 6) is -0.372. The number of hydrogen-bond donors (Lipinski definition) is 2. The largest absolute Gasteiger partial charge is 0.350 e. The molecule has 1 rings (SSSR count). The number of nitro groups is 1. The van der Waals surface area contributed by atoms with Gasteiger partial charge in [-0.05, 0) is 12.5 Å². The second kappa shape index (κ2) is 6.46. The molecule has 0 aliphatic heterocycles. The molecule has 0 radical (unpaired) electrons. The molecular formula is C11H14BrN3O3. The highest BCUT2D eigenvalue weighted by atomic mass is 79.9. The molecule has 0 aliphatic rings. The number of halogens is 1. The monoisotopic (exact) mass is 315 g/mol. The maximum absolute atomic E-state index is 11.8. The summed E-state index contributed by atoms with van der Waals surface area (Å²) in [7, 11) is 0. The van der Waals surface area contributed by atoms with E-state index in [1.807, 2.05) is 6.92 Å². The number of nitro benzene ring substituents is 1. The zero-order valence-electron chi connectivity index (χ0n) is 9.85. The molecule has 0 aromatic heterocycles. The summed E-state index contributed by atoms with van der Waals surface area (Å²) >= 11 is 3.13. The number of carbonyl (C=O) groups excluding carboxylic acids is 1. The smallest absolute Gasteiger partial charge is 0.271 e. The van der Waals surface area contributed by atoms with Crippen molar-refractivity contribution in [3.8, 4) is 0 Å². The highest BCUT2D eigenvalue weighted by Gasteiger charge is 2.14. The molecule has 3 N–H and O–H groups in total. The second-order valence-corrected chi connectivity index (χ2v) is 4.75. The van der Waals surface area contributed by atoms with Crippen molar-refractivity contribution in [2.24, 2.45) is 5.73 Å². The van der Waals surface area contributed by atoms with Gasteiger partial charge in [0.2, 0.25) is 0 Å². The Kier molecular flexibility index (Phi) is 5.24. The molecule has 1 unspecified atom stereocenters. The summed E-state index contributed by atoms with van der Waals surface area (Å²) in [6.07, 6.45) is 0.749. The Morgan fingerprint density at radius 3 is 2.78 bits per heavy atom. The molecule has 98 valence electrons. The molecule has 0 fully saturated rings. The van der Waals surface area contributed by atoms with Crippen LogP contribution in [0.3, 0.4) is 0 Å². The lowest BCUT2D eigenvalue weighted by Crippen LogP contribution is -2.36. The van der Waals surface area contributed by atoms with Crippen molar-refractivity contribution in [1.29, 1.82) is 0 Å². The third kappa shape index (κ3) is 4.08. The number of nitrogens with two attached hydrogens (primary N) is 1. The molecular weight excluding hydrogens is 302 g/mol. The van der Waals surface area contributed by atoms with Gasteiger partial charge < -0.3 is 11.1 Å². The molecule has 0 bridgehead atoms. The molecule has 0 aliphatic carbocycles. The summed E-state index contributed by atoms with van der Waals surface area (Å²) in [6, 6.07) is 3.99. The number of carbonyl (C=O) groups is 1. The number of benzene rings is 1. The van der Waals surface area contributed by atoms with E-state index in [0.717, 1.165) is 6.42 Å². The van der Waals surface area contributed by atoms with Gasteiger partial charge in [-0.25, -0.2) is 0 Å². The van der Waals surface area contributed by atoms with Crippen LogP contribution in [-0.2, 0) is 0 Å². The van der Waals surface area contributed by atoms with Crippen LogP contribution in [0.25, 0.3) is 0 Å². The number of hydrogen-bond acceptors (Lipinski definition) is 4. The fourth-order valence-electron chi connectivity index (χ4n) is 1.28. The van der Waals surface area contributed by atoms with E-state index in [9.17, 15) is 14.9 Å². The van der Waals surface area contributed by atoms with Gasteiger partial charge in [-0.1, -0.05) is 22.9 Å². The SMILES string of the molecule is CCC(N)CNC(=O)c1cc(Br)cc([N+](=O)[O-])c1. The molecule has 6 nitrogen and oxygen atoms in total. The first-order valence-electron chi connectivity index (χ1n) is 5.42. The van der Waals surface area contributed by atoms with Gasteiger partial charge in [0, 0.05) is 34.8 Å².